The highest BCUT2D eigenvalue weighted by Crippen LogP contribution is 2.26. The second-order valence-corrected chi connectivity index (χ2v) is 14.2. The van der Waals surface area contributed by atoms with Crippen molar-refractivity contribution in [2.45, 2.75) is 70.5 Å². The van der Waals surface area contributed by atoms with E-state index in [1.165, 1.54) is 42.2 Å². The molecule has 2 N–H and O–H groups in total. The lowest BCUT2D eigenvalue weighted by Crippen LogP contribution is -2.60. The lowest BCUT2D eigenvalue weighted by atomic mass is 10.1. The first kappa shape index (κ1) is 41.6. The Morgan fingerprint density at radius 2 is 1.45 bits per heavy atom. The van der Waals surface area contributed by atoms with Gasteiger partial charge in [0, 0.05) is 48.1 Å². The molecule has 0 radical (unpaired) electrons. The molecule has 2 unspecified atom stereocenters. The van der Waals surface area contributed by atoms with E-state index in [0.717, 1.165) is 21.9 Å². The van der Waals surface area contributed by atoms with Gasteiger partial charge in [-0.05, 0) is 82.6 Å². The van der Waals surface area contributed by atoms with Gasteiger partial charge >= 0.3 is 6.09 Å². The fourth-order valence-corrected chi connectivity index (χ4v) is 6.66. The second kappa shape index (κ2) is 19.2. The summed E-state index contributed by atoms with van der Waals surface area (Å²) in [7, 11) is -4.64. The molecule has 0 aliphatic carbocycles. The van der Waals surface area contributed by atoms with Crippen molar-refractivity contribution < 1.29 is 41.8 Å². The highest BCUT2D eigenvalue weighted by Gasteiger charge is 2.40. The normalized spacial score (nSPS) is 12.8. The Balaban J connectivity index is 2.14. The molecule has 3 rings (SSSR count). The van der Waals surface area contributed by atoms with Crippen LogP contribution in [0.4, 0.5) is 14.9 Å². The number of carbonyl (C=O) groups is 3. The van der Waals surface area contributed by atoms with Crippen LogP contribution in [0.25, 0.3) is 0 Å². The summed E-state index contributed by atoms with van der Waals surface area (Å²) in [5.74, 6) is -2.61. The summed E-state index contributed by atoms with van der Waals surface area (Å²) in [4.78, 5) is 44.6. The molecule has 2 atom stereocenters. The zero-order valence-corrected chi connectivity index (χ0v) is 31.3. The highest BCUT2D eigenvalue weighted by atomic mass is 35.5. The van der Waals surface area contributed by atoms with Gasteiger partial charge < -0.3 is 19.5 Å². The molecule has 0 aliphatic heterocycles. The van der Waals surface area contributed by atoms with Crippen molar-refractivity contribution in [1.29, 1.82) is 0 Å². The fourth-order valence-electron chi connectivity index (χ4n) is 5.28. The molecule has 51 heavy (non-hydrogen) atoms. The molecule has 0 saturated carbocycles. The van der Waals surface area contributed by atoms with Crippen molar-refractivity contribution in [2.24, 2.45) is 0 Å². The van der Waals surface area contributed by atoms with E-state index >= 15 is 0 Å². The minimum atomic E-state index is -4.64. The number of benzene rings is 3. The molecule has 0 fully saturated rings. The van der Waals surface area contributed by atoms with Gasteiger partial charge in [-0.2, -0.15) is 0 Å². The van der Waals surface area contributed by atoms with Crippen molar-refractivity contribution in [3.05, 3.63) is 94.2 Å². The number of nitrogens with zero attached hydrogens (tertiary/aromatic N) is 3. The maximum Gasteiger partial charge on any atom is 0.408 e. The Labute approximate surface area is 308 Å². The van der Waals surface area contributed by atoms with Crippen LogP contribution in [-0.2, 0) is 35.6 Å². The maximum absolute atomic E-state index is 14.8. The van der Waals surface area contributed by atoms with Gasteiger partial charge in [-0.25, -0.2) is 22.3 Å². The van der Waals surface area contributed by atoms with Crippen LogP contribution < -0.4 is 9.62 Å². The SMILES string of the molecule is CCOC(CN(C(=O)C(C)N(C(=O)C(CNS(=O)(=O)c1ccc(Cl)cc1F)N(Cc1ccccc1)C(=O)O)c1ccc(Cl)cc1)C(C)C)OCC. The topological polar surface area (TPSA) is 146 Å². The predicted molar refractivity (Wildman–Crippen MR) is 193 cm³/mol. The van der Waals surface area contributed by atoms with E-state index in [0.29, 0.717) is 23.8 Å². The van der Waals surface area contributed by atoms with E-state index < -0.39 is 63.6 Å². The van der Waals surface area contributed by atoms with Crippen LogP contribution in [-0.4, -0.2) is 92.0 Å². The van der Waals surface area contributed by atoms with Crippen molar-refractivity contribution >= 4 is 56.8 Å². The van der Waals surface area contributed by atoms with Gasteiger partial charge in [-0.3, -0.25) is 19.4 Å². The number of ether oxygens (including phenoxy) is 2. The van der Waals surface area contributed by atoms with Gasteiger partial charge in [0.05, 0.1) is 6.54 Å². The summed E-state index contributed by atoms with van der Waals surface area (Å²) in [5.41, 5.74) is 0.678. The summed E-state index contributed by atoms with van der Waals surface area (Å²) < 4.78 is 55.0. The van der Waals surface area contributed by atoms with Crippen LogP contribution in [0.5, 0.6) is 0 Å². The third-order valence-electron chi connectivity index (χ3n) is 7.80. The standard InChI is InChI=1S/C35H43Cl2FN4O8S/c1-6-49-32(50-7-2)22-40(23(3)4)33(43)24(5)42(28-16-13-26(36)14-17-28)34(44)30(41(35(45)46)21-25-11-9-8-10-12-25)20-39-51(47,48)31-18-15-27(37)19-29(31)38/h8-19,23-24,30,32,39H,6-7,20-22H2,1-5H3,(H,45,46). The Bertz CT molecular complexity index is 1730. The minimum Gasteiger partial charge on any atom is -0.465 e. The summed E-state index contributed by atoms with van der Waals surface area (Å²) in [6, 6.07) is 13.9. The summed E-state index contributed by atoms with van der Waals surface area (Å²) >= 11 is 12.0. The fraction of sp³-hybridized carbons (Fsp3) is 0.400. The molecule has 0 heterocycles. The second-order valence-electron chi connectivity index (χ2n) is 11.6. The Morgan fingerprint density at radius 3 is 1.98 bits per heavy atom. The number of halogens is 3. The van der Waals surface area contributed by atoms with Crippen molar-refractivity contribution in [3.8, 4) is 0 Å². The van der Waals surface area contributed by atoms with Gasteiger partial charge in [-0.15, -0.1) is 0 Å². The van der Waals surface area contributed by atoms with Crippen molar-refractivity contribution in [2.75, 3.05) is 31.2 Å². The molecule has 16 heteroatoms. The molecular formula is C35H43Cl2FN4O8S. The summed E-state index contributed by atoms with van der Waals surface area (Å²) in [6.07, 6.45) is -2.31. The van der Waals surface area contributed by atoms with Gasteiger partial charge in [0.2, 0.25) is 15.9 Å². The van der Waals surface area contributed by atoms with Crippen LogP contribution in [0.3, 0.4) is 0 Å². The molecule has 278 valence electrons. The van der Waals surface area contributed by atoms with E-state index in [2.05, 4.69) is 4.72 Å². The van der Waals surface area contributed by atoms with Crippen molar-refractivity contribution in [1.82, 2.24) is 14.5 Å². The van der Waals surface area contributed by atoms with Crippen LogP contribution >= 0.6 is 23.2 Å². The number of hydrogen-bond donors (Lipinski definition) is 2. The monoisotopic (exact) mass is 768 g/mol. The number of rotatable bonds is 18. The zero-order valence-electron chi connectivity index (χ0n) is 29.0. The molecule has 3 amide bonds. The first-order valence-electron chi connectivity index (χ1n) is 16.2. The maximum atomic E-state index is 14.8. The summed E-state index contributed by atoms with van der Waals surface area (Å²) in [6.45, 7) is 8.14. The molecule has 0 aromatic heterocycles. The lowest BCUT2D eigenvalue weighted by Gasteiger charge is -2.39. The highest BCUT2D eigenvalue weighted by molar-refractivity contribution is 7.89. The number of nitrogens with one attached hydrogen (secondary N) is 1. The molecular weight excluding hydrogens is 726 g/mol. The van der Waals surface area contributed by atoms with Gasteiger partial charge in [-0.1, -0.05) is 53.5 Å². The van der Waals surface area contributed by atoms with E-state index in [9.17, 15) is 32.3 Å². The number of anilines is 1. The largest absolute Gasteiger partial charge is 0.465 e. The number of carbonyl (C=O) groups excluding carboxylic acids is 2. The molecule has 12 nitrogen and oxygen atoms in total. The number of sulfonamides is 1. The van der Waals surface area contributed by atoms with Crippen molar-refractivity contribution in [3.63, 3.8) is 0 Å². The van der Waals surface area contributed by atoms with Gasteiger partial charge in [0.1, 0.15) is 22.8 Å². The average molecular weight is 770 g/mol. The van der Waals surface area contributed by atoms with Crippen LogP contribution in [0.2, 0.25) is 10.0 Å². The Morgan fingerprint density at radius 1 is 0.863 bits per heavy atom. The van der Waals surface area contributed by atoms with Crippen LogP contribution in [0.15, 0.2) is 77.7 Å². The van der Waals surface area contributed by atoms with Crippen LogP contribution in [0, 0.1) is 5.82 Å². The molecule has 3 aromatic rings. The molecule has 0 aliphatic rings. The number of carboxylic acid groups (broad SMARTS) is 1. The molecule has 0 saturated heterocycles. The van der Waals surface area contributed by atoms with E-state index in [1.807, 2.05) is 0 Å². The zero-order chi connectivity index (χ0) is 37.9. The minimum absolute atomic E-state index is 0.0241. The quantitative estimate of drug-likeness (QED) is 0.150. The summed E-state index contributed by atoms with van der Waals surface area (Å²) in [5, 5.41) is 10.7. The third-order valence-corrected chi connectivity index (χ3v) is 9.74. The van der Waals surface area contributed by atoms with Gasteiger partial charge in [0.15, 0.2) is 6.29 Å². The third kappa shape index (κ3) is 11.3. The average Bonchev–Trinajstić information content (AvgIpc) is 3.07. The predicted octanol–water partition coefficient (Wildman–Crippen LogP) is 6.02. The number of hydrogen-bond acceptors (Lipinski definition) is 7. The van der Waals surface area contributed by atoms with E-state index in [4.69, 9.17) is 32.7 Å². The molecule has 0 spiro atoms. The Kier molecular flexibility index (Phi) is 15.6. The van der Waals surface area contributed by atoms with Crippen LogP contribution in [0.1, 0.15) is 40.2 Å². The number of amides is 3. The molecule has 3 aromatic carbocycles. The first-order valence-corrected chi connectivity index (χ1v) is 18.5. The lowest BCUT2D eigenvalue weighted by molar-refractivity contribution is -0.162. The van der Waals surface area contributed by atoms with E-state index in [1.54, 1.807) is 58.0 Å². The smallest absolute Gasteiger partial charge is 0.408 e. The molecule has 0 bridgehead atoms. The van der Waals surface area contributed by atoms with Gasteiger partial charge in [0.25, 0.3) is 5.91 Å². The van der Waals surface area contributed by atoms with E-state index in [-0.39, 0.29) is 29.8 Å². The first-order chi connectivity index (χ1) is 24.1. The Hall–Kier alpha value is -3.79.